The minimum Gasteiger partial charge on any atom is -0.451 e. The second kappa shape index (κ2) is 6.17. The van der Waals surface area contributed by atoms with Crippen LogP contribution in [0.4, 0.5) is 4.39 Å². The molecule has 0 aliphatic heterocycles. The van der Waals surface area contributed by atoms with Gasteiger partial charge in [-0.25, -0.2) is 18.9 Å². The third-order valence-electron chi connectivity index (χ3n) is 2.88. The Kier molecular flexibility index (Phi) is 4.07. The lowest BCUT2D eigenvalue weighted by atomic mass is 10.3. The van der Waals surface area contributed by atoms with Crippen LogP contribution in [-0.4, -0.2) is 25.9 Å². The number of halogens is 2. The minimum absolute atomic E-state index is 0.0543. The Morgan fingerprint density at radius 1 is 1.48 bits per heavy atom. The topological polar surface area (TPSA) is 83.0 Å². The fourth-order valence-corrected chi connectivity index (χ4v) is 1.98. The fourth-order valence-electron chi connectivity index (χ4n) is 1.81. The molecule has 0 N–H and O–H groups in total. The molecule has 118 valence electrons. The van der Waals surface area contributed by atoms with Crippen molar-refractivity contribution in [2.75, 3.05) is 0 Å². The Morgan fingerprint density at radius 3 is 3.04 bits per heavy atom. The van der Waals surface area contributed by atoms with E-state index in [1.165, 1.54) is 24.5 Å². The van der Waals surface area contributed by atoms with E-state index < -0.39 is 11.8 Å². The highest BCUT2D eigenvalue weighted by Crippen LogP contribution is 2.20. The first kappa shape index (κ1) is 15.2. The van der Waals surface area contributed by atoms with E-state index >= 15 is 0 Å². The molecule has 7 nitrogen and oxygen atoms in total. The van der Waals surface area contributed by atoms with Gasteiger partial charge < -0.3 is 9.15 Å². The van der Waals surface area contributed by atoms with Gasteiger partial charge in [0.05, 0.1) is 17.4 Å². The van der Waals surface area contributed by atoms with E-state index in [4.69, 9.17) is 20.8 Å². The van der Waals surface area contributed by atoms with Gasteiger partial charge in [-0.15, -0.1) is 5.10 Å². The standard InChI is InChI=1S/C14H10ClFN4O3/c1-8-5-17-12(23-8)7-22-14(21)10-6-20(19-18-10)11-4-2-3-9(15)13(11)16/h2-6H,7H2,1H3. The van der Waals surface area contributed by atoms with Crippen molar-refractivity contribution in [1.82, 2.24) is 20.0 Å². The zero-order valence-corrected chi connectivity index (χ0v) is 12.6. The second-order valence-corrected chi connectivity index (χ2v) is 4.97. The van der Waals surface area contributed by atoms with Gasteiger partial charge in [0.25, 0.3) is 0 Å². The number of carbonyl (C=O) groups excluding carboxylic acids is 1. The zero-order chi connectivity index (χ0) is 16.4. The van der Waals surface area contributed by atoms with Crippen molar-refractivity contribution in [3.63, 3.8) is 0 Å². The number of rotatable bonds is 4. The van der Waals surface area contributed by atoms with Crippen LogP contribution in [0.3, 0.4) is 0 Å². The van der Waals surface area contributed by atoms with Gasteiger partial charge in [0.2, 0.25) is 5.89 Å². The van der Waals surface area contributed by atoms with Crippen LogP contribution in [0.2, 0.25) is 5.02 Å². The maximum Gasteiger partial charge on any atom is 0.361 e. The molecule has 9 heteroatoms. The van der Waals surface area contributed by atoms with Gasteiger partial charge in [-0.2, -0.15) is 0 Å². The number of aryl methyl sites for hydroxylation is 1. The summed E-state index contributed by atoms with van der Waals surface area (Å²) < 4.78 is 25.2. The van der Waals surface area contributed by atoms with Crippen LogP contribution in [0, 0.1) is 12.7 Å². The average molecular weight is 337 g/mol. The van der Waals surface area contributed by atoms with Crippen LogP contribution in [0.1, 0.15) is 22.1 Å². The maximum atomic E-state index is 13.9. The first-order valence-electron chi connectivity index (χ1n) is 6.50. The number of hydrogen-bond acceptors (Lipinski definition) is 6. The molecular weight excluding hydrogens is 327 g/mol. The van der Waals surface area contributed by atoms with Gasteiger partial charge in [0.15, 0.2) is 18.1 Å². The molecule has 1 aromatic carbocycles. The number of benzene rings is 1. The molecule has 3 aromatic rings. The third-order valence-corrected chi connectivity index (χ3v) is 3.17. The minimum atomic E-state index is -0.727. The number of carbonyl (C=O) groups is 1. The lowest BCUT2D eigenvalue weighted by Gasteiger charge is -2.02. The molecule has 0 aliphatic carbocycles. The predicted molar refractivity (Wildman–Crippen MR) is 76.7 cm³/mol. The SMILES string of the molecule is Cc1cnc(COC(=O)c2cn(-c3cccc(Cl)c3F)nn2)o1. The van der Waals surface area contributed by atoms with Crippen LogP contribution in [0.15, 0.2) is 35.0 Å². The Labute approximate surface area is 134 Å². The molecule has 0 fully saturated rings. The molecule has 0 amide bonds. The number of aromatic nitrogens is 4. The Hall–Kier alpha value is -2.74. The summed E-state index contributed by atoms with van der Waals surface area (Å²) in [5.41, 5.74) is 0.0000274. The molecule has 2 aromatic heterocycles. The van der Waals surface area contributed by atoms with Crippen LogP contribution in [0.25, 0.3) is 5.69 Å². The predicted octanol–water partition coefficient (Wildman–Crippen LogP) is 2.71. The van der Waals surface area contributed by atoms with Gasteiger partial charge >= 0.3 is 5.97 Å². The Morgan fingerprint density at radius 2 is 2.30 bits per heavy atom. The monoisotopic (exact) mass is 336 g/mol. The summed E-state index contributed by atoms with van der Waals surface area (Å²) in [5.74, 6) is -0.508. The summed E-state index contributed by atoms with van der Waals surface area (Å²) in [6.45, 7) is 1.59. The summed E-state index contributed by atoms with van der Waals surface area (Å²) in [7, 11) is 0. The van der Waals surface area contributed by atoms with Gasteiger partial charge in [-0.05, 0) is 19.1 Å². The van der Waals surface area contributed by atoms with E-state index in [-0.39, 0.29) is 28.9 Å². The maximum absolute atomic E-state index is 13.9. The number of nitrogens with zero attached hydrogens (tertiary/aromatic N) is 4. The van der Waals surface area contributed by atoms with E-state index in [0.717, 1.165) is 4.68 Å². The number of oxazole rings is 1. The average Bonchev–Trinajstić information content (AvgIpc) is 3.17. The van der Waals surface area contributed by atoms with E-state index in [2.05, 4.69) is 15.3 Å². The highest BCUT2D eigenvalue weighted by molar-refractivity contribution is 6.30. The molecule has 0 unspecified atom stereocenters. The highest BCUT2D eigenvalue weighted by atomic mass is 35.5. The normalized spacial score (nSPS) is 10.7. The number of esters is 1. The van der Waals surface area contributed by atoms with Crippen LogP contribution < -0.4 is 0 Å². The van der Waals surface area contributed by atoms with Gasteiger partial charge in [0, 0.05) is 0 Å². The summed E-state index contributed by atoms with van der Waals surface area (Å²) in [6.07, 6.45) is 2.76. The highest BCUT2D eigenvalue weighted by Gasteiger charge is 2.16. The molecule has 0 bridgehead atoms. The molecule has 0 atom stereocenters. The molecule has 3 rings (SSSR count). The van der Waals surface area contributed by atoms with E-state index in [1.54, 1.807) is 13.0 Å². The summed E-state index contributed by atoms with van der Waals surface area (Å²) >= 11 is 5.71. The lowest BCUT2D eigenvalue weighted by Crippen LogP contribution is -2.06. The van der Waals surface area contributed by atoms with Gasteiger partial charge in [-0.3, -0.25) is 0 Å². The first-order valence-corrected chi connectivity index (χ1v) is 6.87. The Balaban J connectivity index is 1.73. The zero-order valence-electron chi connectivity index (χ0n) is 11.9. The van der Waals surface area contributed by atoms with Crippen molar-refractivity contribution in [2.45, 2.75) is 13.5 Å². The lowest BCUT2D eigenvalue weighted by molar-refractivity contribution is 0.0430. The van der Waals surface area contributed by atoms with Crippen molar-refractivity contribution >= 4 is 17.6 Å². The fraction of sp³-hybridized carbons (Fsp3) is 0.143. The molecule has 2 heterocycles. The van der Waals surface area contributed by atoms with Crippen molar-refractivity contribution in [2.24, 2.45) is 0 Å². The van der Waals surface area contributed by atoms with Crippen molar-refractivity contribution < 1.29 is 18.3 Å². The molecule has 0 saturated heterocycles. The molecule has 23 heavy (non-hydrogen) atoms. The van der Waals surface area contributed by atoms with E-state index in [9.17, 15) is 9.18 Å². The molecule has 0 saturated carbocycles. The van der Waals surface area contributed by atoms with E-state index in [0.29, 0.717) is 5.76 Å². The largest absolute Gasteiger partial charge is 0.451 e. The molecule has 0 radical (unpaired) electrons. The van der Waals surface area contributed by atoms with Crippen molar-refractivity contribution in [3.8, 4) is 5.69 Å². The smallest absolute Gasteiger partial charge is 0.361 e. The molecule has 0 aliphatic rings. The van der Waals surface area contributed by atoms with Crippen molar-refractivity contribution in [3.05, 3.63) is 58.8 Å². The van der Waals surface area contributed by atoms with Gasteiger partial charge in [0.1, 0.15) is 11.4 Å². The van der Waals surface area contributed by atoms with Crippen molar-refractivity contribution in [1.29, 1.82) is 0 Å². The summed E-state index contributed by atoms with van der Waals surface area (Å²) in [5, 5.41) is 7.30. The second-order valence-electron chi connectivity index (χ2n) is 4.56. The summed E-state index contributed by atoms with van der Waals surface area (Å²) in [4.78, 5) is 15.8. The quantitative estimate of drug-likeness (QED) is 0.681. The molecular formula is C14H10ClFN4O3. The van der Waals surface area contributed by atoms with E-state index in [1.807, 2.05) is 0 Å². The van der Waals surface area contributed by atoms with Crippen LogP contribution in [0.5, 0.6) is 0 Å². The van der Waals surface area contributed by atoms with Crippen LogP contribution >= 0.6 is 11.6 Å². The first-order chi connectivity index (χ1) is 11.0. The number of ether oxygens (including phenoxy) is 1. The summed E-state index contributed by atoms with van der Waals surface area (Å²) in [6, 6.07) is 4.43. The molecule has 0 spiro atoms. The Bertz CT molecular complexity index is 861. The van der Waals surface area contributed by atoms with Crippen LogP contribution in [-0.2, 0) is 11.3 Å². The third kappa shape index (κ3) is 3.21. The number of hydrogen-bond donors (Lipinski definition) is 0. The van der Waals surface area contributed by atoms with Gasteiger partial charge in [-0.1, -0.05) is 22.9 Å².